The highest BCUT2D eigenvalue weighted by molar-refractivity contribution is 6.30. The van der Waals surface area contributed by atoms with Crippen molar-refractivity contribution in [2.45, 2.75) is 25.1 Å². The number of nitrogens with one attached hydrogen (secondary N) is 2. The number of amides is 1. The van der Waals surface area contributed by atoms with Gasteiger partial charge in [-0.2, -0.15) is 5.10 Å². The molecule has 1 aliphatic rings. The molecule has 3 atom stereocenters. The molecule has 162 valence electrons. The molecule has 1 amide bonds. The SMILES string of the molecule is COc1ccc(C2c3c(C)nn(C)c3NC(=O)C2NC(O)c2ccc(Cl)cc2)cc1F. The van der Waals surface area contributed by atoms with Gasteiger partial charge in [-0.15, -0.1) is 0 Å². The van der Waals surface area contributed by atoms with Crippen LogP contribution in [0.15, 0.2) is 42.5 Å². The molecule has 1 aromatic heterocycles. The van der Waals surface area contributed by atoms with Crippen molar-refractivity contribution < 1.29 is 19.0 Å². The summed E-state index contributed by atoms with van der Waals surface area (Å²) < 4.78 is 21.2. The van der Waals surface area contributed by atoms with Crippen LogP contribution in [0.1, 0.15) is 34.5 Å². The Balaban J connectivity index is 1.78. The minimum Gasteiger partial charge on any atom is -0.494 e. The fourth-order valence-corrected chi connectivity index (χ4v) is 4.15. The number of hydrogen-bond acceptors (Lipinski definition) is 5. The summed E-state index contributed by atoms with van der Waals surface area (Å²) in [6.07, 6.45) is -1.14. The molecular formula is C22H22ClFN4O3. The van der Waals surface area contributed by atoms with Crippen molar-refractivity contribution in [2.24, 2.45) is 7.05 Å². The number of carbonyl (C=O) groups excluding carboxylic acids is 1. The smallest absolute Gasteiger partial charge is 0.243 e. The van der Waals surface area contributed by atoms with Gasteiger partial charge in [-0.05, 0) is 42.3 Å². The van der Waals surface area contributed by atoms with E-state index in [-0.39, 0.29) is 11.7 Å². The monoisotopic (exact) mass is 444 g/mol. The number of ether oxygens (including phenoxy) is 1. The van der Waals surface area contributed by atoms with Crippen LogP contribution in [0, 0.1) is 12.7 Å². The topological polar surface area (TPSA) is 88.4 Å². The number of halogens is 2. The number of aromatic nitrogens is 2. The Morgan fingerprint density at radius 2 is 2.00 bits per heavy atom. The zero-order chi connectivity index (χ0) is 22.3. The number of aliphatic hydroxyl groups is 1. The Morgan fingerprint density at radius 1 is 1.29 bits per heavy atom. The second kappa shape index (κ2) is 8.30. The number of aryl methyl sites for hydroxylation is 2. The third-order valence-electron chi connectivity index (χ3n) is 5.50. The van der Waals surface area contributed by atoms with Crippen molar-refractivity contribution in [1.29, 1.82) is 0 Å². The van der Waals surface area contributed by atoms with E-state index in [1.807, 2.05) is 6.92 Å². The lowest BCUT2D eigenvalue weighted by molar-refractivity contribution is -0.119. The molecule has 4 rings (SSSR count). The number of rotatable bonds is 5. The Morgan fingerprint density at radius 3 is 2.65 bits per heavy atom. The Hall–Kier alpha value is -2.94. The molecular weight excluding hydrogens is 423 g/mol. The predicted octanol–water partition coefficient (Wildman–Crippen LogP) is 3.26. The first kappa shape index (κ1) is 21.3. The first-order valence-corrected chi connectivity index (χ1v) is 10.0. The first-order chi connectivity index (χ1) is 14.8. The number of benzene rings is 2. The van der Waals surface area contributed by atoms with Gasteiger partial charge in [-0.3, -0.25) is 14.8 Å². The molecule has 2 heterocycles. The third-order valence-corrected chi connectivity index (χ3v) is 5.75. The van der Waals surface area contributed by atoms with Crippen LogP contribution in [0.5, 0.6) is 5.75 Å². The van der Waals surface area contributed by atoms with Crippen LogP contribution in [-0.2, 0) is 11.8 Å². The fourth-order valence-electron chi connectivity index (χ4n) is 4.03. The van der Waals surface area contributed by atoms with Crippen molar-refractivity contribution in [1.82, 2.24) is 15.1 Å². The molecule has 0 saturated heterocycles. The maximum absolute atomic E-state index is 14.5. The average Bonchev–Trinajstić information content (AvgIpc) is 3.02. The molecule has 0 fully saturated rings. The van der Waals surface area contributed by atoms with Gasteiger partial charge in [0.1, 0.15) is 18.1 Å². The second-order valence-corrected chi connectivity index (χ2v) is 7.87. The molecule has 3 aromatic rings. The van der Waals surface area contributed by atoms with Gasteiger partial charge in [0, 0.05) is 23.6 Å². The second-order valence-electron chi connectivity index (χ2n) is 7.43. The van der Waals surface area contributed by atoms with Gasteiger partial charge in [-0.1, -0.05) is 29.8 Å². The van der Waals surface area contributed by atoms with Crippen molar-refractivity contribution >= 4 is 23.3 Å². The number of anilines is 1. The van der Waals surface area contributed by atoms with Crippen molar-refractivity contribution in [3.63, 3.8) is 0 Å². The Kier molecular flexibility index (Phi) is 5.70. The quantitative estimate of drug-likeness (QED) is 0.526. The van der Waals surface area contributed by atoms with Crippen LogP contribution >= 0.6 is 11.6 Å². The van der Waals surface area contributed by atoms with E-state index in [1.54, 1.807) is 42.1 Å². The molecule has 0 spiro atoms. The van der Waals surface area contributed by atoms with Crippen LogP contribution in [0.3, 0.4) is 0 Å². The lowest BCUT2D eigenvalue weighted by Crippen LogP contribution is -2.49. The summed E-state index contributed by atoms with van der Waals surface area (Å²) in [7, 11) is 3.12. The van der Waals surface area contributed by atoms with E-state index in [1.165, 1.54) is 19.2 Å². The standard InChI is InChI=1S/C22H22ClFN4O3/c1-11-17-18(13-6-9-16(31-3)15(24)10-13)19(22(30)26-20(17)28(2)27-11)25-21(29)12-4-7-14(23)8-5-12/h4-10,18-19,21,25,29H,1-3H3,(H,26,30). The molecule has 9 heteroatoms. The van der Waals surface area contributed by atoms with Crippen molar-refractivity contribution in [2.75, 3.05) is 12.4 Å². The van der Waals surface area contributed by atoms with Crippen molar-refractivity contribution in [3.05, 3.63) is 75.7 Å². The molecule has 2 aromatic carbocycles. The van der Waals surface area contributed by atoms with Crippen LogP contribution in [0.4, 0.5) is 10.2 Å². The summed E-state index contributed by atoms with van der Waals surface area (Å²) >= 11 is 5.93. The Labute approximate surface area is 183 Å². The van der Waals surface area contributed by atoms with Crippen LogP contribution in [-0.4, -0.2) is 33.9 Å². The van der Waals surface area contributed by atoms with Crippen molar-refractivity contribution in [3.8, 4) is 5.75 Å². The number of methoxy groups -OCH3 is 1. The van der Waals surface area contributed by atoms with Crippen LogP contribution in [0.25, 0.3) is 0 Å². The Bertz CT molecular complexity index is 1130. The maximum atomic E-state index is 14.5. The average molecular weight is 445 g/mol. The summed E-state index contributed by atoms with van der Waals surface area (Å²) in [5.74, 6) is -0.823. The number of hydrogen-bond donors (Lipinski definition) is 3. The van der Waals surface area contributed by atoms with Gasteiger partial charge < -0.3 is 15.2 Å². The normalized spacial score (nSPS) is 19.0. The molecule has 0 saturated carbocycles. The first-order valence-electron chi connectivity index (χ1n) is 9.67. The zero-order valence-corrected chi connectivity index (χ0v) is 17.9. The molecule has 1 aliphatic heterocycles. The van der Waals surface area contributed by atoms with E-state index >= 15 is 0 Å². The highest BCUT2D eigenvalue weighted by atomic mass is 35.5. The van der Waals surface area contributed by atoms with E-state index in [9.17, 15) is 14.3 Å². The minimum atomic E-state index is -1.14. The van der Waals surface area contributed by atoms with Gasteiger partial charge in [0.05, 0.1) is 12.8 Å². The predicted molar refractivity (Wildman–Crippen MR) is 115 cm³/mol. The van der Waals surface area contributed by atoms with E-state index in [0.29, 0.717) is 27.7 Å². The van der Waals surface area contributed by atoms with Crippen LogP contribution < -0.4 is 15.4 Å². The van der Waals surface area contributed by atoms with Gasteiger partial charge >= 0.3 is 0 Å². The van der Waals surface area contributed by atoms with Gasteiger partial charge in [0.25, 0.3) is 0 Å². The van der Waals surface area contributed by atoms with E-state index in [0.717, 1.165) is 5.56 Å². The highest BCUT2D eigenvalue weighted by Gasteiger charge is 2.41. The van der Waals surface area contributed by atoms with E-state index in [2.05, 4.69) is 15.7 Å². The summed E-state index contributed by atoms with van der Waals surface area (Å²) in [5, 5.41) is 21.5. The molecule has 0 aliphatic carbocycles. The molecule has 7 nitrogen and oxygen atoms in total. The molecule has 0 bridgehead atoms. The van der Waals surface area contributed by atoms with Gasteiger partial charge in [0.15, 0.2) is 11.6 Å². The fraction of sp³-hybridized carbons (Fsp3) is 0.273. The lowest BCUT2D eigenvalue weighted by atomic mass is 9.81. The van der Waals surface area contributed by atoms with Crippen LogP contribution in [0.2, 0.25) is 5.02 Å². The van der Waals surface area contributed by atoms with E-state index < -0.39 is 24.0 Å². The molecule has 0 radical (unpaired) electrons. The zero-order valence-electron chi connectivity index (χ0n) is 17.2. The number of fused-ring (bicyclic) bond motifs is 1. The number of nitrogens with zero attached hydrogens (tertiary/aromatic N) is 2. The molecule has 31 heavy (non-hydrogen) atoms. The lowest BCUT2D eigenvalue weighted by Gasteiger charge is -2.34. The maximum Gasteiger partial charge on any atom is 0.243 e. The largest absolute Gasteiger partial charge is 0.494 e. The summed E-state index contributed by atoms with van der Waals surface area (Å²) in [6.45, 7) is 1.83. The van der Waals surface area contributed by atoms with E-state index in [4.69, 9.17) is 16.3 Å². The molecule has 3 unspecified atom stereocenters. The number of carbonyl (C=O) groups is 1. The van der Waals surface area contributed by atoms with Gasteiger partial charge in [-0.25, -0.2) is 4.39 Å². The molecule has 3 N–H and O–H groups in total. The summed E-state index contributed by atoms with van der Waals surface area (Å²) in [5.41, 5.74) is 2.57. The minimum absolute atomic E-state index is 0.109. The summed E-state index contributed by atoms with van der Waals surface area (Å²) in [6, 6.07) is 10.4. The third kappa shape index (κ3) is 3.89. The number of aliphatic hydroxyl groups excluding tert-OH is 1. The summed E-state index contributed by atoms with van der Waals surface area (Å²) in [4.78, 5) is 13.1. The highest BCUT2D eigenvalue weighted by Crippen LogP contribution is 2.40. The van der Waals surface area contributed by atoms with Gasteiger partial charge in [0.2, 0.25) is 5.91 Å².